The molecule has 0 bridgehead atoms. The van der Waals surface area contributed by atoms with Gasteiger partial charge in [0, 0.05) is 6.54 Å². The van der Waals surface area contributed by atoms with Gasteiger partial charge < -0.3 is 9.84 Å². The molecular weight excluding hydrogens is 142 g/mol. The first kappa shape index (κ1) is 8.97. The lowest BCUT2D eigenvalue weighted by Crippen LogP contribution is -2.46. The molecule has 1 N–H and O–H groups in total. The maximum absolute atomic E-state index is 9.97. The van der Waals surface area contributed by atoms with Gasteiger partial charge in [0.1, 0.15) is 12.5 Å². The zero-order chi connectivity index (χ0) is 8.32. The molecule has 0 radical (unpaired) electrons. The summed E-state index contributed by atoms with van der Waals surface area (Å²) in [6, 6.07) is 0. The molecule has 3 heteroatoms. The van der Waals surface area contributed by atoms with E-state index in [1.165, 1.54) is 0 Å². The quantitative estimate of drug-likeness (QED) is 0.660. The van der Waals surface area contributed by atoms with Gasteiger partial charge in [-0.05, 0) is 12.8 Å². The van der Waals surface area contributed by atoms with Crippen molar-refractivity contribution in [2.45, 2.75) is 32.4 Å². The van der Waals surface area contributed by atoms with E-state index in [4.69, 9.17) is 4.74 Å². The fourth-order valence-corrected chi connectivity index (χ4v) is 1.44. The molecule has 66 valence electrons. The Bertz CT molecular complexity index is 117. The van der Waals surface area contributed by atoms with Crippen LogP contribution in [0.15, 0.2) is 0 Å². The number of aliphatic hydroxyl groups is 1. The Morgan fingerprint density at radius 3 is 2.45 bits per heavy atom. The van der Waals surface area contributed by atoms with Gasteiger partial charge in [-0.2, -0.15) is 0 Å². The van der Waals surface area contributed by atoms with Crippen molar-refractivity contribution in [1.82, 2.24) is 4.90 Å². The lowest BCUT2D eigenvalue weighted by atomic mass is 10.1. The smallest absolute Gasteiger partial charge is 0.119 e. The first-order chi connectivity index (χ1) is 5.23. The van der Waals surface area contributed by atoms with Gasteiger partial charge in [-0.15, -0.1) is 0 Å². The van der Waals surface area contributed by atoms with Crippen LogP contribution in [0.2, 0.25) is 0 Å². The van der Waals surface area contributed by atoms with Crippen molar-refractivity contribution in [3.8, 4) is 0 Å². The Labute approximate surface area is 68.0 Å². The highest BCUT2D eigenvalue weighted by atomic mass is 16.5. The van der Waals surface area contributed by atoms with Gasteiger partial charge in [0.25, 0.3) is 0 Å². The SMILES string of the molecule is CCC(O)(CC)N1CCOC1. The molecule has 1 heterocycles. The monoisotopic (exact) mass is 159 g/mol. The average molecular weight is 159 g/mol. The summed E-state index contributed by atoms with van der Waals surface area (Å²) in [7, 11) is 0. The summed E-state index contributed by atoms with van der Waals surface area (Å²) in [5.41, 5.74) is -0.628. The zero-order valence-electron chi connectivity index (χ0n) is 7.34. The zero-order valence-corrected chi connectivity index (χ0v) is 7.34. The van der Waals surface area contributed by atoms with Crippen LogP contribution in [0.25, 0.3) is 0 Å². The predicted molar refractivity (Wildman–Crippen MR) is 43.1 cm³/mol. The van der Waals surface area contributed by atoms with Crippen molar-refractivity contribution in [3.05, 3.63) is 0 Å². The summed E-state index contributed by atoms with van der Waals surface area (Å²) in [4.78, 5) is 1.99. The van der Waals surface area contributed by atoms with Gasteiger partial charge in [-0.1, -0.05) is 13.8 Å². The van der Waals surface area contributed by atoms with E-state index in [9.17, 15) is 5.11 Å². The Morgan fingerprint density at radius 2 is 2.09 bits per heavy atom. The first-order valence-electron chi connectivity index (χ1n) is 4.28. The van der Waals surface area contributed by atoms with Gasteiger partial charge in [0.15, 0.2) is 0 Å². The van der Waals surface area contributed by atoms with Crippen molar-refractivity contribution in [2.75, 3.05) is 19.9 Å². The van der Waals surface area contributed by atoms with Crippen molar-refractivity contribution in [2.24, 2.45) is 0 Å². The van der Waals surface area contributed by atoms with Crippen molar-refractivity contribution in [1.29, 1.82) is 0 Å². The van der Waals surface area contributed by atoms with E-state index in [0.29, 0.717) is 6.73 Å². The van der Waals surface area contributed by atoms with E-state index < -0.39 is 5.72 Å². The third kappa shape index (κ3) is 1.72. The number of hydrogen-bond acceptors (Lipinski definition) is 3. The summed E-state index contributed by atoms with van der Waals surface area (Å²) in [5, 5.41) is 9.97. The summed E-state index contributed by atoms with van der Waals surface area (Å²) in [6.07, 6.45) is 1.54. The predicted octanol–water partition coefficient (Wildman–Crippen LogP) is 0.785. The average Bonchev–Trinajstić information content (AvgIpc) is 2.55. The van der Waals surface area contributed by atoms with E-state index in [-0.39, 0.29) is 0 Å². The minimum Gasteiger partial charge on any atom is -0.376 e. The maximum Gasteiger partial charge on any atom is 0.119 e. The summed E-state index contributed by atoms with van der Waals surface area (Å²) >= 11 is 0. The highest BCUT2D eigenvalue weighted by Crippen LogP contribution is 2.22. The van der Waals surface area contributed by atoms with Crippen LogP contribution in [-0.2, 0) is 4.74 Å². The summed E-state index contributed by atoms with van der Waals surface area (Å²) in [6.45, 7) is 6.20. The van der Waals surface area contributed by atoms with Crippen LogP contribution in [0.4, 0.5) is 0 Å². The number of rotatable bonds is 3. The van der Waals surface area contributed by atoms with Crippen molar-refractivity contribution >= 4 is 0 Å². The van der Waals surface area contributed by atoms with Crippen LogP contribution < -0.4 is 0 Å². The molecule has 1 aliphatic heterocycles. The molecule has 0 amide bonds. The van der Waals surface area contributed by atoms with Gasteiger partial charge in [-0.3, -0.25) is 4.90 Å². The molecule has 0 unspecified atom stereocenters. The third-order valence-electron chi connectivity index (χ3n) is 2.47. The maximum atomic E-state index is 9.97. The number of ether oxygens (including phenoxy) is 1. The standard InChI is InChI=1S/C8H17NO2/c1-3-8(10,4-2)9-5-6-11-7-9/h10H,3-7H2,1-2H3. The Balaban J connectivity index is 2.52. The molecule has 11 heavy (non-hydrogen) atoms. The molecule has 0 aromatic heterocycles. The second kappa shape index (κ2) is 3.52. The van der Waals surface area contributed by atoms with Crippen LogP contribution in [-0.4, -0.2) is 35.6 Å². The molecule has 0 aliphatic carbocycles. The van der Waals surface area contributed by atoms with E-state index in [1.54, 1.807) is 0 Å². The second-order valence-corrected chi connectivity index (χ2v) is 2.99. The molecule has 1 rings (SSSR count). The molecule has 1 saturated heterocycles. The van der Waals surface area contributed by atoms with Gasteiger partial charge >= 0.3 is 0 Å². The largest absolute Gasteiger partial charge is 0.376 e. The number of nitrogens with zero attached hydrogens (tertiary/aromatic N) is 1. The fourth-order valence-electron chi connectivity index (χ4n) is 1.44. The van der Waals surface area contributed by atoms with Crippen LogP contribution in [0.1, 0.15) is 26.7 Å². The Morgan fingerprint density at radius 1 is 1.45 bits per heavy atom. The van der Waals surface area contributed by atoms with Gasteiger partial charge in [0.05, 0.1) is 6.61 Å². The molecule has 1 fully saturated rings. The van der Waals surface area contributed by atoms with E-state index in [2.05, 4.69) is 0 Å². The molecule has 3 nitrogen and oxygen atoms in total. The van der Waals surface area contributed by atoms with E-state index >= 15 is 0 Å². The summed E-state index contributed by atoms with van der Waals surface area (Å²) in [5.74, 6) is 0. The molecule has 0 saturated carbocycles. The Kier molecular flexibility index (Phi) is 2.87. The topological polar surface area (TPSA) is 32.7 Å². The van der Waals surface area contributed by atoms with Gasteiger partial charge in [-0.25, -0.2) is 0 Å². The highest BCUT2D eigenvalue weighted by Gasteiger charge is 2.32. The van der Waals surface area contributed by atoms with E-state index in [1.807, 2.05) is 18.7 Å². The molecule has 0 aromatic rings. The minimum absolute atomic E-state index is 0.582. The van der Waals surface area contributed by atoms with Crippen LogP contribution in [0, 0.1) is 0 Å². The molecule has 0 atom stereocenters. The Hall–Kier alpha value is -0.120. The normalized spacial score (nSPS) is 21.0. The first-order valence-corrected chi connectivity index (χ1v) is 4.28. The highest BCUT2D eigenvalue weighted by molar-refractivity contribution is 4.77. The molecule has 1 aliphatic rings. The third-order valence-corrected chi connectivity index (χ3v) is 2.47. The summed E-state index contributed by atoms with van der Waals surface area (Å²) < 4.78 is 5.17. The molecule has 0 spiro atoms. The lowest BCUT2D eigenvalue weighted by Gasteiger charge is -2.34. The lowest BCUT2D eigenvalue weighted by molar-refractivity contribution is -0.117. The van der Waals surface area contributed by atoms with Gasteiger partial charge in [0.2, 0.25) is 0 Å². The van der Waals surface area contributed by atoms with E-state index in [0.717, 1.165) is 26.0 Å². The van der Waals surface area contributed by atoms with Crippen LogP contribution >= 0.6 is 0 Å². The van der Waals surface area contributed by atoms with Crippen molar-refractivity contribution in [3.63, 3.8) is 0 Å². The number of hydrogen-bond donors (Lipinski definition) is 1. The van der Waals surface area contributed by atoms with Crippen molar-refractivity contribution < 1.29 is 9.84 Å². The second-order valence-electron chi connectivity index (χ2n) is 2.99. The van der Waals surface area contributed by atoms with Crippen LogP contribution in [0.3, 0.4) is 0 Å². The molecule has 0 aromatic carbocycles. The molecular formula is C8H17NO2. The minimum atomic E-state index is -0.628. The fraction of sp³-hybridized carbons (Fsp3) is 1.00. The van der Waals surface area contributed by atoms with Crippen LogP contribution in [0.5, 0.6) is 0 Å².